The van der Waals surface area contributed by atoms with Gasteiger partial charge in [-0.05, 0) is 49.3 Å². The summed E-state index contributed by atoms with van der Waals surface area (Å²) in [4.78, 5) is 12.3. The Kier molecular flexibility index (Phi) is 6.01. The molecule has 1 amide bonds. The summed E-state index contributed by atoms with van der Waals surface area (Å²) in [5, 5.41) is 6.52. The predicted molar refractivity (Wildman–Crippen MR) is 93.2 cm³/mol. The predicted octanol–water partition coefficient (Wildman–Crippen LogP) is 4.31. The summed E-state index contributed by atoms with van der Waals surface area (Å²) in [6.07, 6.45) is 5.04. The van der Waals surface area contributed by atoms with Gasteiger partial charge in [-0.25, -0.2) is 0 Å². The molecule has 2 N–H and O–H groups in total. The monoisotopic (exact) mass is 302 g/mol. The highest BCUT2D eigenvalue weighted by molar-refractivity contribution is 5.94. The normalized spacial score (nSPS) is 23.3. The lowest BCUT2D eigenvalue weighted by Gasteiger charge is -2.31. The molecule has 22 heavy (non-hydrogen) atoms. The number of carbonyl (C=O) groups excluding carboxylic acids is 1. The van der Waals surface area contributed by atoms with Crippen LogP contribution >= 0.6 is 0 Å². The van der Waals surface area contributed by atoms with Crippen LogP contribution in [0.2, 0.25) is 0 Å². The van der Waals surface area contributed by atoms with Gasteiger partial charge in [0, 0.05) is 11.7 Å². The summed E-state index contributed by atoms with van der Waals surface area (Å²) in [7, 11) is 0. The zero-order chi connectivity index (χ0) is 16.1. The molecule has 3 heteroatoms. The number of benzene rings is 1. The van der Waals surface area contributed by atoms with Crippen molar-refractivity contribution in [3.05, 3.63) is 29.8 Å². The molecule has 1 aromatic carbocycles. The van der Waals surface area contributed by atoms with E-state index in [9.17, 15) is 4.79 Å². The maximum absolute atomic E-state index is 12.3. The van der Waals surface area contributed by atoms with Gasteiger partial charge in [0.1, 0.15) is 0 Å². The second-order valence-electron chi connectivity index (χ2n) is 7.02. The zero-order valence-electron chi connectivity index (χ0n) is 14.4. The van der Waals surface area contributed by atoms with Crippen LogP contribution in [0.5, 0.6) is 0 Å². The molecule has 3 nitrogen and oxygen atoms in total. The number of rotatable bonds is 5. The van der Waals surface area contributed by atoms with Crippen LogP contribution < -0.4 is 10.6 Å². The van der Waals surface area contributed by atoms with Crippen molar-refractivity contribution in [2.24, 2.45) is 5.92 Å². The lowest BCUT2D eigenvalue weighted by Crippen LogP contribution is -2.47. The summed E-state index contributed by atoms with van der Waals surface area (Å²) < 4.78 is 0. The molecule has 0 bridgehead atoms. The Morgan fingerprint density at radius 3 is 2.32 bits per heavy atom. The van der Waals surface area contributed by atoms with Gasteiger partial charge in [-0.1, -0.05) is 45.7 Å². The average molecular weight is 302 g/mol. The highest BCUT2D eigenvalue weighted by Crippen LogP contribution is 2.24. The van der Waals surface area contributed by atoms with Gasteiger partial charge in [-0.2, -0.15) is 0 Å². The largest absolute Gasteiger partial charge is 0.325 e. The van der Waals surface area contributed by atoms with E-state index in [1.165, 1.54) is 31.2 Å². The second-order valence-corrected chi connectivity index (χ2v) is 7.02. The highest BCUT2D eigenvalue weighted by Gasteiger charge is 2.24. The van der Waals surface area contributed by atoms with Crippen molar-refractivity contribution in [3.63, 3.8) is 0 Å². The summed E-state index contributed by atoms with van der Waals surface area (Å²) >= 11 is 0. The molecular weight excluding hydrogens is 272 g/mol. The van der Waals surface area contributed by atoms with Crippen molar-refractivity contribution in [3.8, 4) is 0 Å². The van der Waals surface area contributed by atoms with Gasteiger partial charge >= 0.3 is 0 Å². The van der Waals surface area contributed by atoms with Gasteiger partial charge in [0.2, 0.25) is 5.91 Å². The molecule has 0 spiro atoms. The first-order valence-electron chi connectivity index (χ1n) is 8.64. The van der Waals surface area contributed by atoms with Gasteiger partial charge < -0.3 is 10.6 Å². The van der Waals surface area contributed by atoms with E-state index in [1.807, 2.05) is 19.1 Å². The maximum Gasteiger partial charge on any atom is 0.241 e. The van der Waals surface area contributed by atoms with Crippen LogP contribution in [0.1, 0.15) is 64.9 Å². The third-order valence-corrected chi connectivity index (χ3v) is 4.81. The smallest absolute Gasteiger partial charge is 0.241 e. The molecule has 1 saturated carbocycles. The van der Waals surface area contributed by atoms with Crippen molar-refractivity contribution >= 4 is 11.6 Å². The van der Waals surface area contributed by atoms with Crippen LogP contribution in [0.15, 0.2) is 24.3 Å². The summed E-state index contributed by atoms with van der Waals surface area (Å²) in [5.74, 6) is 1.22. The Hall–Kier alpha value is -1.35. The maximum atomic E-state index is 12.3. The minimum Gasteiger partial charge on any atom is -0.325 e. The molecular formula is C19H30N2O. The fourth-order valence-electron chi connectivity index (χ4n) is 3.16. The van der Waals surface area contributed by atoms with Crippen molar-refractivity contribution in [2.75, 3.05) is 5.32 Å². The summed E-state index contributed by atoms with van der Waals surface area (Å²) in [6, 6.07) is 8.46. The van der Waals surface area contributed by atoms with E-state index >= 15 is 0 Å². The van der Waals surface area contributed by atoms with E-state index in [-0.39, 0.29) is 11.9 Å². The molecule has 0 unspecified atom stereocenters. The Labute approximate surface area is 134 Å². The van der Waals surface area contributed by atoms with Crippen LogP contribution in [0.4, 0.5) is 5.69 Å². The van der Waals surface area contributed by atoms with E-state index in [1.54, 1.807) is 0 Å². The van der Waals surface area contributed by atoms with Crippen LogP contribution in [-0.2, 0) is 4.79 Å². The lowest BCUT2D eigenvalue weighted by molar-refractivity contribution is -0.118. The minimum atomic E-state index is -0.157. The molecule has 0 saturated heterocycles. The molecule has 3 atom stereocenters. The van der Waals surface area contributed by atoms with Crippen molar-refractivity contribution < 1.29 is 4.79 Å². The topological polar surface area (TPSA) is 41.1 Å². The highest BCUT2D eigenvalue weighted by atomic mass is 16.2. The van der Waals surface area contributed by atoms with E-state index in [4.69, 9.17) is 0 Å². The zero-order valence-corrected chi connectivity index (χ0v) is 14.4. The number of anilines is 1. The van der Waals surface area contributed by atoms with Gasteiger partial charge in [-0.15, -0.1) is 0 Å². The molecule has 0 aromatic heterocycles. The number of carbonyl (C=O) groups is 1. The Balaban J connectivity index is 1.87. The molecule has 0 heterocycles. The van der Waals surface area contributed by atoms with Gasteiger partial charge in [0.15, 0.2) is 0 Å². The number of hydrogen-bond donors (Lipinski definition) is 2. The van der Waals surface area contributed by atoms with Crippen molar-refractivity contribution in [1.82, 2.24) is 5.32 Å². The molecule has 122 valence electrons. The standard InChI is InChI=1S/C19H30N2O/c1-13(2)16-9-11-17(12-10-16)21-19(22)15(4)20-18-8-6-5-7-14(18)3/h9-15,18,20H,5-8H2,1-4H3,(H,21,22)/t14-,15+,18-/m1/s1. The SMILES string of the molecule is CC(C)c1ccc(NC(=O)[C@H](C)N[C@@H]2CCCC[C@H]2C)cc1. The Bertz CT molecular complexity index is 481. The molecule has 1 aromatic rings. The molecule has 1 fully saturated rings. The molecule has 0 aliphatic heterocycles. The molecule has 2 rings (SSSR count). The van der Waals surface area contributed by atoms with E-state index in [2.05, 4.69) is 43.5 Å². The third-order valence-electron chi connectivity index (χ3n) is 4.81. The fraction of sp³-hybridized carbons (Fsp3) is 0.632. The average Bonchev–Trinajstić information content (AvgIpc) is 2.50. The van der Waals surface area contributed by atoms with Crippen LogP contribution in [0.25, 0.3) is 0 Å². The van der Waals surface area contributed by atoms with Gasteiger partial charge in [0.25, 0.3) is 0 Å². The summed E-state index contributed by atoms with van der Waals surface area (Å²) in [5.41, 5.74) is 2.17. The lowest BCUT2D eigenvalue weighted by atomic mass is 9.85. The number of hydrogen-bond acceptors (Lipinski definition) is 2. The molecule has 1 aliphatic rings. The first kappa shape index (κ1) is 17.0. The van der Waals surface area contributed by atoms with E-state index < -0.39 is 0 Å². The fourth-order valence-corrected chi connectivity index (χ4v) is 3.16. The first-order valence-corrected chi connectivity index (χ1v) is 8.64. The molecule has 1 aliphatic carbocycles. The summed E-state index contributed by atoms with van der Waals surface area (Å²) in [6.45, 7) is 8.58. The van der Waals surface area contributed by atoms with Crippen LogP contribution in [-0.4, -0.2) is 18.0 Å². The number of amides is 1. The quantitative estimate of drug-likeness (QED) is 0.851. The minimum absolute atomic E-state index is 0.0510. The van der Waals surface area contributed by atoms with Crippen LogP contribution in [0, 0.1) is 5.92 Å². The first-order chi connectivity index (χ1) is 10.5. The molecule has 0 radical (unpaired) electrons. The van der Waals surface area contributed by atoms with Gasteiger partial charge in [-0.3, -0.25) is 4.79 Å². The van der Waals surface area contributed by atoms with Crippen LogP contribution in [0.3, 0.4) is 0 Å². The third kappa shape index (κ3) is 4.57. The van der Waals surface area contributed by atoms with Crippen molar-refractivity contribution in [2.45, 2.75) is 71.4 Å². The van der Waals surface area contributed by atoms with E-state index in [0.29, 0.717) is 17.9 Å². The van der Waals surface area contributed by atoms with E-state index in [0.717, 1.165) is 5.69 Å². The van der Waals surface area contributed by atoms with Crippen molar-refractivity contribution in [1.29, 1.82) is 0 Å². The number of nitrogens with one attached hydrogen (secondary N) is 2. The Morgan fingerprint density at radius 2 is 1.73 bits per heavy atom. The Morgan fingerprint density at radius 1 is 1.09 bits per heavy atom. The van der Waals surface area contributed by atoms with Gasteiger partial charge in [0.05, 0.1) is 6.04 Å². The second kappa shape index (κ2) is 7.77.